The van der Waals surface area contributed by atoms with E-state index in [4.69, 9.17) is 15.0 Å². The van der Waals surface area contributed by atoms with Gasteiger partial charge in [-0.1, -0.05) is 204 Å². The lowest BCUT2D eigenvalue weighted by molar-refractivity contribution is 0.775. The summed E-state index contributed by atoms with van der Waals surface area (Å²) in [5.74, 6) is 1.97. The molecule has 258 valence electrons. The zero-order valence-corrected chi connectivity index (χ0v) is 30.4. The van der Waals surface area contributed by atoms with Gasteiger partial charge in [-0.25, -0.2) is 15.0 Å². The Bertz CT molecular complexity index is 2970. The van der Waals surface area contributed by atoms with Crippen molar-refractivity contribution in [2.75, 3.05) is 0 Å². The maximum Gasteiger partial charge on any atom is 0.243 e. The molecule has 4 heteroatoms. The number of benzene rings is 8. The van der Waals surface area contributed by atoms with Crippen LogP contribution in [-0.2, 0) is 5.41 Å². The third kappa shape index (κ3) is 4.32. The van der Waals surface area contributed by atoms with Crippen LogP contribution in [0.1, 0.15) is 22.3 Å². The molecule has 0 N–H and O–H groups in total. The lowest BCUT2D eigenvalue weighted by Crippen LogP contribution is -2.59. The molecule has 1 atom stereocenters. The topological polar surface area (TPSA) is 38.7 Å². The monoisotopic (exact) mass is 709 g/mol. The van der Waals surface area contributed by atoms with Crippen molar-refractivity contribution in [3.8, 4) is 67.5 Å². The first kappa shape index (κ1) is 31.2. The average molecular weight is 710 g/mol. The maximum atomic E-state index is 4.97. The summed E-state index contributed by atoms with van der Waals surface area (Å²) in [4.78, 5) is 14.8. The Morgan fingerprint density at radius 2 is 0.786 bits per heavy atom. The van der Waals surface area contributed by atoms with Crippen LogP contribution >= 0.6 is 0 Å². The highest BCUT2D eigenvalue weighted by Crippen LogP contribution is 2.57. The highest BCUT2D eigenvalue weighted by molar-refractivity contribution is 7.00. The van der Waals surface area contributed by atoms with Gasteiger partial charge in [0.05, 0.1) is 5.41 Å². The molecule has 3 aliphatic rings. The molecule has 3 heterocycles. The third-order valence-electron chi connectivity index (χ3n) is 12.3. The fraction of sp³-hybridized carbons (Fsp3) is 0.0192. The molecule has 12 rings (SSSR count). The summed E-state index contributed by atoms with van der Waals surface area (Å²) in [6.45, 7) is 0.227. The van der Waals surface area contributed by atoms with Crippen molar-refractivity contribution in [3.05, 3.63) is 216 Å². The first-order valence-corrected chi connectivity index (χ1v) is 19.3. The zero-order valence-electron chi connectivity index (χ0n) is 30.4. The number of nitrogens with zero attached hydrogens (tertiary/aromatic N) is 3. The van der Waals surface area contributed by atoms with Crippen LogP contribution in [0.4, 0.5) is 0 Å². The normalized spacial score (nSPS) is 15.2. The second-order valence-corrected chi connectivity index (χ2v) is 15.0. The number of hydrogen-bond donors (Lipinski definition) is 0. The predicted octanol–water partition coefficient (Wildman–Crippen LogP) is 9.71. The van der Waals surface area contributed by atoms with E-state index in [9.17, 15) is 0 Å². The number of fused-ring (bicyclic) bond motifs is 12. The second kappa shape index (κ2) is 11.9. The minimum atomic E-state index is -0.416. The summed E-state index contributed by atoms with van der Waals surface area (Å²) in [7, 11) is 0. The van der Waals surface area contributed by atoms with Gasteiger partial charge in [0.25, 0.3) is 0 Å². The van der Waals surface area contributed by atoms with Crippen molar-refractivity contribution < 1.29 is 0 Å². The van der Waals surface area contributed by atoms with Crippen LogP contribution in [0.25, 0.3) is 67.5 Å². The molecule has 3 nitrogen and oxygen atoms in total. The summed E-state index contributed by atoms with van der Waals surface area (Å²) >= 11 is 0. The highest BCUT2D eigenvalue weighted by Gasteiger charge is 2.54. The molecule has 2 aliphatic heterocycles. The van der Waals surface area contributed by atoms with Crippen LogP contribution in [0.5, 0.6) is 0 Å². The highest BCUT2D eigenvalue weighted by atomic mass is 15.0. The molecule has 1 aliphatic carbocycles. The van der Waals surface area contributed by atoms with E-state index < -0.39 is 5.41 Å². The minimum Gasteiger partial charge on any atom is -0.208 e. The average Bonchev–Trinajstić information content (AvgIpc) is 3.77. The van der Waals surface area contributed by atoms with E-state index in [0.29, 0.717) is 17.5 Å². The summed E-state index contributed by atoms with van der Waals surface area (Å²) in [6.07, 6.45) is 0. The van der Waals surface area contributed by atoms with Gasteiger partial charge in [-0.2, -0.15) is 0 Å². The Kier molecular flexibility index (Phi) is 6.64. The van der Waals surface area contributed by atoms with E-state index >= 15 is 0 Å². The van der Waals surface area contributed by atoms with E-state index in [2.05, 4.69) is 133 Å². The van der Waals surface area contributed by atoms with Gasteiger partial charge in [-0.05, 0) is 61.7 Å². The Hall–Kier alpha value is -7.17. The minimum absolute atomic E-state index is 0.227. The number of rotatable bonds is 4. The van der Waals surface area contributed by atoms with Crippen LogP contribution in [-0.4, -0.2) is 21.7 Å². The van der Waals surface area contributed by atoms with Crippen LogP contribution in [0.15, 0.2) is 194 Å². The van der Waals surface area contributed by atoms with E-state index in [1.54, 1.807) is 0 Å². The molecule has 1 aromatic heterocycles. The van der Waals surface area contributed by atoms with Gasteiger partial charge in [-0.3, -0.25) is 0 Å². The van der Waals surface area contributed by atoms with Gasteiger partial charge < -0.3 is 0 Å². The zero-order chi connectivity index (χ0) is 36.8. The number of aromatic nitrogens is 3. The second-order valence-electron chi connectivity index (χ2n) is 15.0. The van der Waals surface area contributed by atoms with E-state index in [1.807, 2.05) is 60.7 Å². The van der Waals surface area contributed by atoms with E-state index in [1.165, 1.54) is 66.5 Å². The first-order valence-electron chi connectivity index (χ1n) is 19.3. The fourth-order valence-corrected chi connectivity index (χ4v) is 9.94. The number of hydrogen-bond acceptors (Lipinski definition) is 3. The van der Waals surface area contributed by atoms with Crippen LogP contribution in [0, 0.1) is 0 Å². The van der Waals surface area contributed by atoms with Crippen molar-refractivity contribution in [1.29, 1.82) is 0 Å². The fourth-order valence-electron chi connectivity index (χ4n) is 9.94. The van der Waals surface area contributed by atoms with Crippen LogP contribution in [0.2, 0.25) is 0 Å². The quantitative estimate of drug-likeness (QED) is 0.171. The van der Waals surface area contributed by atoms with Gasteiger partial charge in [0, 0.05) is 16.7 Å². The van der Waals surface area contributed by atoms with Crippen molar-refractivity contribution in [2.45, 2.75) is 5.41 Å². The van der Waals surface area contributed by atoms with Gasteiger partial charge in [0.2, 0.25) is 6.71 Å². The first-order chi connectivity index (χ1) is 27.8. The Morgan fingerprint density at radius 1 is 0.304 bits per heavy atom. The van der Waals surface area contributed by atoms with E-state index in [0.717, 1.165) is 22.3 Å². The molecular weight excluding hydrogens is 677 g/mol. The van der Waals surface area contributed by atoms with Gasteiger partial charge in [0.15, 0.2) is 17.5 Å². The SMILES string of the molecule is c1ccc(-c2nc(-c3ccccc3)nc(-c3ccc(-c4ccc5c(c4)-c4ccccc4C54c5ccccc5B5c6ccccc6-c6cccc4c65)cc3)n2)cc1. The third-order valence-corrected chi connectivity index (χ3v) is 12.3. The summed E-state index contributed by atoms with van der Waals surface area (Å²) in [5.41, 5.74) is 19.9. The predicted molar refractivity (Wildman–Crippen MR) is 229 cm³/mol. The molecule has 0 fully saturated rings. The lowest BCUT2D eigenvalue weighted by atomic mass is 9.32. The van der Waals surface area contributed by atoms with Crippen molar-refractivity contribution >= 4 is 23.1 Å². The van der Waals surface area contributed by atoms with Crippen molar-refractivity contribution in [1.82, 2.24) is 15.0 Å². The molecule has 9 aromatic rings. The molecule has 0 amide bonds. The van der Waals surface area contributed by atoms with Gasteiger partial charge >= 0.3 is 0 Å². The molecule has 8 aromatic carbocycles. The smallest absolute Gasteiger partial charge is 0.208 e. The van der Waals surface area contributed by atoms with Crippen LogP contribution < -0.4 is 16.4 Å². The summed E-state index contributed by atoms with van der Waals surface area (Å²) < 4.78 is 0. The van der Waals surface area contributed by atoms with Crippen LogP contribution in [0.3, 0.4) is 0 Å². The largest absolute Gasteiger partial charge is 0.243 e. The van der Waals surface area contributed by atoms with Crippen molar-refractivity contribution in [2.24, 2.45) is 0 Å². The van der Waals surface area contributed by atoms with Gasteiger partial charge in [0.1, 0.15) is 0 Å². The molecule has 56 heavy (non-hydrogen) atoms. The van der Waals surface area contributed by atoms with Crippen molar-refractivity contribution in [3.63, 3.8) is 0 Å². The molecule has 0 radical (unpaired) electrons. The summed E-state index contributed by atoms with van der Waals surface area (Å²) in [5, 5.41) is 0. The molecule has 0 bridgehead atoms. The standard InChI is InChI=1S/C52H32BN3/c1-3-14-34(15-4-1)49-54-50(35-16-5-2-6-17-35)56-51(55-49)36-28-26-33(27-29-36)37-30-31-43-41(32-37)38-18-7-9-21-42(38)52(43)44-22-10-12-25-47(44)53-46-24-11-8-19-39(46)40-20-13-23-45(52)48(40)53/h1-32H. The molecule has 0 saturated heterocycles. The molecular formula is C52H32BN3. The Labute approximate surface area is 326 Å². The maximum absolute atomic E-state index is 4.97. The Morgan fingerprint density at radius 3 is 1.48 bits per heavy atom. The Balaban J connectivity index is 0.999. The molecule has 0 saturated carbocycles. The summed E-state index contributed by atoms with van der Waals surface area (Å²) in [6, 6.07) is 70.4. The van der Waals surface area contributed by atoms with Gasteiger partial charge in [-0.15, -0.1) is 0 Å². The molecule has 1 spiro atoms. The van der Waals surface area contributed by atoms with E-state index in [-0.39, 0.29) is 6.71 Å². The lowest BCUT2D eigenvalue weighted by Gasteiger charge is -2.42. The molecule has 1 unspecified atom stereocenters.